The first kappa shape index (κ1) is 24.2. The zero-order chi connectivity index (χ0) is 25.7. The molecule has 0 radical (unpaired) electrons. The molecular weight excluding hydrogens is 451 g/mol. The lowest BCUT2D eigenvalue weighted by molar-refractivity contribution is 0.0192. The molecule has 4 aromatic rings. The number of carboxylic acid groups (broad SMARTS) is 1. The number of aromatic nitrogens is 2. The standard InChI is InChI=1S/C27H27FN2O5/c1-14-9-17(28)10-15(2)24(14)35-22-8-7-16(27(3,4)34-6)11-18(22)20-13-30(5)25(31)23-19(20)12-21(29-23)26(32)33/h7-13,29H,1-6H3,(H,32,33). The van der Waals surface area contributed by atoms with Crippen molar-refractivity contribution in [2.45, 2.75) is 33.3 Å². The van der Waals surface area contributed by atoms with Crippen LogP contribution in [0.3, 0.4) is 0 Å². The quantitative estimate of drug-likeness (QED) is 0.373. The van der Waals surface area contributed by atoms with Crippen molar-refractivity contribution < 1.29 is 23.8 Å². The number of aromatic carboxylic acids is 1. The average molecular weight is 479 g/mol. The molecule has 2 heterocycles. The Balaban J connectivity index is 2.03. The van der Waals surface area contributed by atoms with Crippen LogP contribution in [0.1, 0.15) is 41.0 Å². The molecule has 0 fully saturated rings. The first-order chi connectivity index (χ1) is 16.4. The number of H-pyrrole nitrogens is 1. The Bertz CT molecular complexity index is 1510. The highest BCUT2D eigenvalue weighted by molar-refractivity contribution is 6.01. The Morgan fingerprint density at radius 2 is 1.74 bits per heavy atom. The number of halogens is 1. The maximum absolute atomic E-state index is 13.9. The summed E-state index contributed by atoms with van der Waals surface area (Å²) < 4.78 is 27.3. The van der Waals surface area contributed by atoms with E-state index in [9.17, 15) is 19.1 Å². The van der Waals surface area contributed by atoms with Gasteiger partial charge in [-0.25, -0.2) is 9.18 Å². The molecule has 0 aliphatic rings. The smallest absolute Gasteiger partial charge is 0.352 e. The van der Waals surface area contributed by atoms with E-state index in [2.05, 4.69) is 4.98 Å². The predicted molar refractivity (Wildman–Crippen MR) is 132 cm³/mol. The van der Waals surface area contributed by atoms with Crippen LogP contribution < -0.4 is 10.3 Å². The second-order valence-electron chi connectivity index (χ2n) is 9.13. The van der Waals surface area contributed by atoms with Gasteiger partial charge in [-0.05, 0) is 74.7 Å². The van der Waals surface area contributed by atoms with Gasteiger partial charge in [0.05, 0.1) is 5.60 Å². The van der Waals surface area contributed by atoms with Crippen LogP contribution in [0.25, 0.3) is 22.0 Å². The Morgan fingerprint density at radius 1 is 1.09 bits per heavy atom. The summed E-state index contributed by atoms with van der Waals surface area (Å²) in [6.07, 6.45) is 1.65. The van der Waals surface area contributed by atoms with Crippen molar-refractivity contribution in [1.29, 1.82) is 0 Å². The molecule has 0 unspecified atom stereocenters. The molecule has 7 nitrogen and oxygen atoms in total. The van der Waals surface area contributed by atoms with Crippen molar-refractivity contribution in [3.8, 4) is 22.6 Å². The van der Waals surface area contributed by atoms with Crippen LogP contribution in [0.15, 0.2) is 47.4 Å². The van der Waals surface area contributed by atoms with Gasteiger partial charge in [-0.2, -0.15) is 0 Å². The number of aromatic amines is 1. The van der Waals surface area contributed by atoms with Crippen LogP contribution in [-0.4, -0.2) is 27.7 Å². The minimum Gasteiger partial charge on any atom is -0.477 e. The minimum atomic E-state index is -1.17. The Hall–Kier alpha value is -3.91. The zero-order valence-electron chi connectivity index (χ0n) is 20.4. The van der Waals surface area contributed by atoms with Gasteiger partial charge in [0, 0.05) is 36.9 Å². The highest BCUT2D eigenvalue weighted by Crippen LogP contribution is 2.41. The molecule has 0 saturated heterocycles. The van der Waals surface area contributed by atoms with Gasteiger partial charge in [0.25, 0.3) is 5.56 Å². The third-order valence-electron chi connectivity index (χ3n) is 6.31. The molecule has 35 heavy (non-hydrogen) atoms. The van der Waals surface area contributed by atoms with Crippen LogP contribution in [-0.2, 0) is 17.4 Å². The number of rotatable bonds is 6. The van der Waals surface area contributed by atoms with Crippen molar-refractivity contribution in [3.63, 3.8) is 0 Å². The second-order valence-corrected chi connectivity index (χ2v) is 9.13. The van der Waals surface area contributed by atoms with E-state index in [1.807, 2.05) is 26.0 Å². The summed E-state index contributed by atoms with van der Waals surface area (Å²) in [5, 5.41) is 9.97. The van der Waals surface area contributed by atoms with Crippen LogP contribution in [0.4, 0.5) is 4.39 Å². The Labute approximate surface area is 201 Å². The third-order valence-corrected chi connectivity index (χ3v) is 6.31. The molecule has 0 saturated carbocycles. The number of carboxylic acids is 1. The number of methoxy groups -OCH3 is 1. The molecule has 182 valence electrons. The maximum Gasteiger partial charge on any atom is 0.352 e. The first-order valence-corrected chi connectivity index (χ1v) is 11.0. The average Bonchev–Trinajstić information content (AvgIpc) is 3.25. The lowest BCUT2D eigenvalue weighted by atomic mass is 9.92. The normalized spacial score (nSPS) is 11.7. The topological polar surface area (TPSA) is 93.5 Å². The summed E-state index contributed by atoms with van der Waals surface area (Å²) in [6, 6.07) is 9.84. The number of hydrogen-bond acceptors (Lipinski definition) is 4. The molecule has 4 rings (SSSR count). The van der Waals surface area contributed by atoms with Crippen LogP contribution in [0.5, 0.6) is 11.5 Å². The van der Waals surface area contributed by atoms with Crippen LogP contribution >= 0.6 is 0 Å². The molecule has 0 bridgehead atoms. The van der Waals surface area contributed by atoms with E-state index in [0.29, 0.717) is 39.1 Å². The van der Waals surface area contributed by atoms with E-state index < -0.39 is 11.6 Å². The molecule has 8 heteroatoms. The highest BCUT2D eigenvalue weighted by atomic mass is 19.1. The molecule has 2 aromatic heterocycles. The molecule has 2 N–H and O–H groups in total. The van der Waals surface area contributed by atoms with Gasteiger partial charge in [-0.1, -0.05) is 6.07 Å². The molecule has 0 aliphatic heterocycles. The number of nitrogens with zero attached hydrogens (tertiary/aromatic N) is 1. The first-order valence-electron chi connectivity index (χ1n) is 11.0. The van der Waals surface area contributed by atoms with E-state index in [1.165, 1.54) is 22.8 Å². The van der Waals surface area contributed by atoms with Gasteiger partial charge in [0.1, 0.15) is 28.5 Å². The molecule has 0 amide bonds. The fourth-order valence-electron chi connectivity index (χ4n) is 4.15. The summed E-state index contributed by atoms with van der Waals surface area (Å²) >= 11 is 0. The highest BCUT2D eigenvalue weighted by Gasteiger charge is 2.24. The number of benzene rings is 2. The van der Waals surface area contributed by atoms with Crippen LogP contribution in [0.2, 0.25) is 0 Å². The Morgan fingerprint density at radius 3 is 2.34 bits per heavy atom. The maximum atomic E-state index is 13.9. The fraction of sp³-hybridized carbons (Fsp3) is 0.259. The van der Waals surface area contributed by atoms with Gasteiger partial charge >= 0.3 is 5.97 Å². The number of nitrogens with one attached hydrogen (secondary N) is 1. The van der Waals surface area contributed by atoms with E-state index in [1.54, 1.807) is 40.3 Å². The van der Waals surface area contributed by atoms with E-state index in [4.69, 9.17) is 9.47 Å². The van der Waals surface area contributed by atoms with Gasteiger partial charge < -0.3 is 24.1 Å². The lowest BCUT2D eigenvalue weighted by Gasteiger charge is -2.25. The number of ether oxygens (including phenoxy) is 2. The monoisotopic (exact) mass is 478 g/mol. The number of hydrogen-bond donors (Lipinski definition) is 2. The summed E-state index contributed by atoms with van der Waals surface area (Å²) in [7, 11) is 3.22. The predicted octanol–water partition coefficient (Wildman–Crippen LogP) is 5.66. The zero-order valence-corrected chi connectivity index (χ0v) is 20.4. The second kappa shape index (κ2) is 8.70. The van der Waals surface area contributed by atoms with Gasteiger partial charge in [-0.15, -0.1) is 0 Å². The summed E-state index contributed by atoms with van der Waals surface area (Å²) in [5.74, 6) is -0.528. The van der Waals surface area contributed by atoms with Crippen LogP contribution in [0, 0.1) is 19.7 Å². The van der Waals surface area contributed by atoms with Crippen molar-refractivity contribution in [2.75, 3.05) is 7.11 Å². The van der Waals surface area contributed by atoms with E-state index in [-0.39, 0.29) is 22.6 Å². The van der Waals surface area contributed by atoms with Crippen molar-refractivity contribution in [3.05, 3.63) is 81.2 Å². The molecule has 0 spiro atoms. The van der Waals surface area contributed by atoms with E-state index >= 15 is 0 Å². The van der Waals surface area contributed by atoms with Crippen molar-refractivity contribution >= 4 is 16.9 Å². The third kappa shape index (κ3) is 4.33. The number of pyridine rings is 1. The molecular formula is C27H27FN2O5. The van der Waals surface area contributed by atoms with Gasteiger partial charge in [-0.3, -0.25) is 4.79 Å². The lowest BCUT2D eigenvalue weighted by Crippen LogP contribution is -2.19. The summed E-state index contributed by atoms with van der Waals surface area (Å²) in [6.45, 7) is 7.39. The molecule has 2 aromatic carbocycles. The van der Waals surface area contributed by atoms with Gasteiger partial charge in [0.15, 0.2) is 0 Å². The molecule has 0 atom stereocenters. The number of aryl methyl sites for hydroxylation is 3. The van der Waals surface area contributed by atoms with Crippen molar-refractivity contribution in [1.82, 2.24) is 9.55 Å². The minimum absolute atomic E-state index is 0.0920. The summed E-state index contributed by atoms with van der Waals surface area (Å²) in [5.41, 5.74) is 2.47. The number of fused-ring (bicyclic) bond motifs is 1. The fourth-order valence-corrected chi connectivity index (χ4v) is 4.15. The summed E-state index contributed by atoms with van der Waals surface area (Å²) in [4.78, 5) is 27.1. The largest absolute Gasteiger partial charge is 0.477 e. The van der Waals surface area contributed by atoms with Crippen molar-refractivity contribution in [2.24, 2.45) is 7.05 Å². The van der Waals surface area contributed by atoms with E-state index in [0.717, 1.165) is 5.56 Å². The Kier molecular flexibility index (Phi) is 6.02. The van der Waals surface area contributed by atoms with Gasteiger partial charge in [0.2, 0.25) is 0 Å². The SMILES string of the molecule is COC(C)(C)c1ccc(Oc2c(C)cc(F)cc2C)c(-c2cn(C)c(=O)c3[nH]c(C(=O)O)cc23)c1. The number of carbonyl (C=O) groups is 1. The molecule has 0 aliphatic carbocycles.